The van der Waals surface area contributed by atoms with Gasteiger partial charge in [0.15, 0.2) is 0 Å². The molecule has 1 fully saturated rings. The highest BCUT2D eigenvalue weighted by atomic mass is 32.2. The third-order valence-corrected chi connectivity index (χ3v) is 6.02. The van der Waals surface area contributed by atoms with Crippen LogP contribution >= 0.6 is 0 Å². The van der Waals surface area contributed by atoms with E-state index in [-0.39, 0.29) is 10.5 Å². The van der Waals surface area contributed by atoms with Crippen LogP contribution < -0.4 is 4.74 Å². The van der Waals surface area contributed by atoms with Gasteiger partial charge in [0.05, 0.1) is 6.10 Å². The number of para-hydroxylation sites is 1. The van der Waals surface area contributed by atoms with Crippen LogP contribution in [0.2, 0.25) is 0 Å². The van der Waals surface area contributed by atoms with Crippen molar-refractivity contribution in [3.8, 4) is 5.75 Å². The zero-order valence-electron chi connectivity index (χ0n) is 12.4. The van der Waals surface area contributed by atoms with Crippen LogP contribution in [0.4, 0.5) is 0 Å². The number of rotatable bonds is 2. The number of nitrogens with zero attached hydrogens (tertiary/aromatic N) is 1. The van der Waals surface area contributed by atoms with Gasteiger partial charge in [-0.3, -0.25) is 0 Å². The minimum absolute atomic E-state index is 0.252. The van der Waals surface area contributed by atoms with Crippen molar-refractivity contribution in [3.63, 3.8) is 0 Å². The summed E-state index contributed by atoms with van der Waals surface area (Å²) in [5.41, 5.74) is 0.574. The molecule has 0 radical (unpaired) electrons. The first-order valence-electron chi connectivity index (χ1n) is 7.29. The number of hydrogen-bond acceptors (Lipinski definition) is 4. The quantitative estimate of drug-likeness (QED) is 0.900. The first-order chi connectivity index (χ1) is 9.79. The molecule has 1 aromatic carbocycles. The molecule has 2 heterocycles. The van der Waals surface area contributed by atoms with Gasteiger partial charge in [-0.1, -0.05) is 12.1 Å². The van der Waals surface area contributed by atoms with Crippen molar-refractivity contribution in [2.75, 3.05) is 13.1 Å². The van der Waals surface area contributed by atoms with Crippen molar-refractivity contribution in [1.82, 2.24) is 4.31 Å². The number of benzene rings is 1. The maximum Gasteiger partial charge on any atom is 0.246 e. The SMILES string of the molecule is CC1(C)Cc2cccc(S(=O)(=O)N3CCC(O)CC3)c2O1. The van der Waals surface area contributed by atoms with E-state index in [1.165, 1.54) is 4.31 Å². The lowest BCUT2D eigenvalue weighted by atomic mass is 10.0. The van der Waals surface area contributed by atoms with Gasteiger partial charge >= 0.3 is 0 Å². The second-order valence-electron chi connectivity index (χ2n) is 6.42. The van der Waals surface area contributed by atoms with Crippen molar-refractivity contribution in [1.29, 1.82) is 0 Å². The number of ether oxygens (including phenoxy) is 1. The molecular weight excluding hydrogens is 290 g/mol. The Morgan fingerprint density at radius 1 is 1.29 bits per heavy atom. The third kappa shape index (κ3) is 2.67. The smallest absolute Gasteiger partial charge is 0.246 e. The predicted molar refractivity (Wildman–Crippen MR) is 78.9 cm³/mol. The van der Waals surface area contributed by atoms with Crippen LogP contribution in [0, 0.1) is 0 Å². The summed E-state index contributed by atoms with van der Waals surface area (Å²) in [6, 6.07) is 5.30. The first-order valence-corrected chi connectivity index (χ1v) is 8.73. The van der Waals surface area contributed by atoms with E-state index in [2.05, 4.69) is 0 Å². The van der Waals surface area contributed by atoms with Crippen LogP contribution in [0.3, 0.4) is 0 Å². The predicted octanol–water partition coefficient (Wildman–Crippen LogP) is 1.55. The van der Waals surface area contributed by atoms with E-state index < -0.39 is 16.1 Å². The zero-order chi connectivity index (χ0) is 15.3. The Morgan fingerprint density at radius 2 is 1.95 bits per heavy atom. The van der Waals surface area contributed by atoms with Crippen molar-refractivity contribution in [2.24, 2.45) is 0 Å². The monoisotopic (exact) mass is 311 g/mol. The van der Waals surface area contributed by atoms with Crippen molar-refractivity contribution < 1.29 is 18.3 Å². The molecule has 0 unspecified atom stereocenters. The molecule has 0 atom stereocenters. The van der Waals surface area contributed by atoms with Gasteiger partial charge < -0.3 is 9.84 Å². The van der Waals surface area contributed by atoms with Crippen molar-refractivity contribution in [3.05, 3.63) is 23.8 Å². The molecule has 2 aliphatic rings. The summed E-state index contributed by atoms with van der Waals surface area (Å²) in [6.45, 7) is 4.63. The number of aliphatic hydroxyl groups is 1. The third-order valence-electron chi connectivity index (χ3n) is 4.10. The molecule has 0 aliphatic carbocycles. The molecule has 0 bridgehead atoms. The second kappa shape index (κ2) is 4.97. The highest BCUT2D eigenvalue weighted by Crippen LogP contribution is 2.40. The van der Waals surface area contributed by atoms with E-state index in [0.29, 0.717) is 38.1 Å². The van der Waals surface area contributed by atoms with Gasteiger partial charge in [-0.25, -0.2) is 8.42 Å². The highest BCUT2D eigenvalue weighted by molar-refractivity contribution is 7.89. The lowest BCUT2D eigenvalue weighted by molar-refractivity contribution is 0.112. The fraction of sp³-hybridized carbons (Fsp3) is 0.600. The fourth-order valence-corrected chi connectivity index (χ4v) is 4.64. The van der Waals surface area contributed by atoms with E-state index >= 15 is 0 Å². The van der Waals surface area contributed by atoms with Gasteiger partial charge in [0.2, 0.25) is 10.0 Å². The molecule has 21 heavy (non-hydrogen) atoms. The van der Waals surface area contributed by atoms with Crippen LogP contribution in [0.25, 0.3) is 0 Å². The zero-order valence-corrected chi connectivity index (χ0v) is 13.2. The average Bonchev–Trinajstić information content (AvgIpc) is 2.72. The molecule has 5 nitrogen and oxygen atoms in total. The van der Waals surface area contributed by atoms with E-state index in [1.54, 1.807) is 12.1 Å². The van der Waals surface area contributed by atoms with Crippen molar-refractivity contribution in [2.45, 2.75) is 49.7 Å². The number of hydrogen-bond donors (Lipinski definition) is 1. The summed E-state index contributed by atoms with van der Waals surface area (Å²) >= 11 is 0. The Balaban J connectivity index is 1.96. The second-order valence-corrected chi connectivity index (χ2v) is 8.32. The molecule has 2 aliphatic heterocycles. The van der Waals surface area contributed by atoms with Gasteiger partial charge in [0, 0.05) is 19.5 Å². The molecule has 0 spiro atoms. The summed E-state index contributed by atoms with van der Waals surface area (Å²) in [5.74, 6) is 0.494. The molecule has 0 aromatic heterocycles. The molecule has 0 saturated carbocycles. The molecular formula is C15H21NO4S. The minimum atomic E-state index is -3.56. The topological polar surface area (TPSA) is 66.8 Å². The molecule has 1 N–H and O–H groups in total. The lowest BCUT2D eigenvalue weighted by Gasteiger charge is -2.29. The molecule has 0 amide bonds. The van der Waals surface area contributed by atoms with Gasteiger partial charge in [-0.05, 0) is 38.3 Å². The van der Waals surface area contributed by atoms with E-state index in [0.717, 1.165) is 5.56 Å². The Kier molecular flexibility index (Phi) is 3.50. The average molecular weight is 311 g/mol. The summed E-state index contributed by atoms with van der Waals surface area (Å²) in [4.78, 5) is 0.252. The van der Waals surface area contributed by atoms with E-state index in [1.807, 2.05) is 19.9 Å². The number of sulfonamides is 1. The summed E-state index contributed by atoms with van der Waals surface area (Å²) in [7, 11) is -3.56. The summed E-state index contributed by atoms with van der Waals surface area (Å²) < 4.78 is 33.0. The Morgan fingerprint density at radius 3 is 2.62 bits per heavy atom. The molecule has 6 heteroatoms. The molecule has 1 saturated heterocycles. The summed E-state index contributed by atoms with van der Waals surface area (Å²) in [6.07, 6.45) is 1.29. The van der Waals surface area contributed by atoms with Gasteiger partial charge in [0.1, 0.15) is 16.2 Å². The number of piperidine rings is 1. The normalized spacial score (nSPS) is 22.8. The largest absolute Gasteiger partial charge is 0.486 e. The molecule has 1 aromatic rings. The van der Waals surface area contributed by atoms with Crippen LogP contribution in [-0.4, -0.2) is 42.6 Å². The van der Waals surface area contributed by atoms with Crippen LogP contribution in [0.15, 0.2) is 23.1 Å². The van der Waals surface area contributed by atoms with Crippen molar-refractivity contribution >= 4 is 10.0 Å². The molecule has 3 rings (SSSR count). The van der Waals surface area contributed by atoms with Gasteiger partial charge in [-0.2, -0.15) is 4.31 Å². The molecule has 116 valence electrons. The van der Waals surface area contributed by atoms with Crippen LogP contribution in [0.5, 0.6) is 5.75 Å². The highest BCUT2D eigenvalue weighted by Gasteiger charge is 2.37. The maximum atomic E-state index is 12.8. The fourth-order valence-electron chi connectivity index (χ4n) is 3.01. The number of aliphatic hydroxyl groups excluding tert-OH is 1. The van der Waals surface area contributed by atoms with Crippen LogP contribution in [-0.2, 0) is 16.4 Å². The number of fused-ring (bicyclic) bond motifs is 1. The summed E-state index contributed by atoms with van der Waals surface area (Å²) in [5, 5.41) is 9.54. The minimum Gasteiger partial charge on any atom is -0.486 e. The van der Waals surface area contributed by atoms with E-state index in [9.17, 15) is 13.5 Å². The standard InChI is InChI=1S/C15H21NO4S/c1-15(2)10-11-4-3-5-13(14(11)20-15)21(18,19)16-8-6-12(17)7-9-16/h3-5,12,17H,6-10H2,1-2H3. The van der Waals surface area contributed by atoms with Gasteiger partial charge in [0.25, 0.3) is 0 Å². The van der Waals surface area contributed by atoms with Crippen LogP contribution in [0.1, 0.15) is 32.3 Å². The Bertz CT molecular complexity index is 646. The lowest BCUT2D eigenvalue weighted by Crippen LogP contribution is -2.40. The Hall–Kier alpha value is -1.11. The maximum absolute atomic E-state index is 12.8. The van der Waals surface area contributed by atoms with E-state index in [4.69, 9.17) is 4.74 Å². The first kappa shape index (κ1) is 14.8. The van der Waals surface area contributed by atoms with Gasteiger partial charge in [-0.15, -0.1) is 0 Å². The Labute approximate surface area is 125 Å².